The first-order chi connectivity index (χ1) is 5.86. The van der Waals surface area contributed by atoms with Gasteiger partial charge in [-0.25, -0.2) is 0 Å². The van der Waals surface area contributed by atoms with Crippen molar-refractivity contribution in [1.29, 1.82) is 0 Å². The van der Waals surface area contributed by atoms with Gasteiger partial charge in [-0.1, -0.05) is 13.8 Å². The molecule has 0 saturated carbocycles. The summed E-state index contributed by atoms with van der Waals surface area (Å²) in [6.07, 6.45) is 4.34. The molecule has 0 aliphatic rings. The molecule has 0 aliphatic carbocycles. The molecule has 0 spiro atoms. The van der Waals surface area contributed by atoms with Crippen LogP contribution < -0.4 is 5.32 Å². The number of aromatic nitrogens is 1. The minimum Gasteiger partial charge on any atom is -0.309 e. The highest BCUT2D eigenvalue weighted by atomic mass is 32.1. The minimum absolute atomic E-state index is 0.659. The summed E-state index contributed by atoms with van der Waals surface area (Å²) >= 11 is 1.71. The lowest BCUT2D eigenvalue weighted by atomic mass is 10.2. The highest BCUT2D eigenvalue weighted by molar-refractivity contribution is 7.09. The highest BCUT2D eigenvalue weighted by Gasteiger charge is 2.02. The molecule has 3 heteroatoms. The van der Waals surface area contributed by atoms with Gasteiger partial charge in [0.1, 0.15) is 0 Å². The molecule has 12 heavy (non-hydrogen) atoms. The van der Waals surface area contributed by atoms with Gasteiger partial charge in [0.25, 0.3) is 0 Å². The van der Waals surface area contributed by atoms with Gasteiger partial charge in [-0.2, -0.15) is 0 Å². The molecular weight excluding hydrogens is 168 g/mol. The third-order valence-electron chi connectivity index (χ3n) is 2.03. The van der Waals surface area contributed by atoms with Crippen LogP contribution in [0.5, 0.6) is 0 Å². The Morgan fingerprint density at radius 2 is 2.25 bits per heavy atom. The number of hydrogen-bond acceptors (Lipinski definition) is 3. The highest BCUT2D eigenvalue weighted by Crippen LogP contribution is 2.06. The number of nitrogens with one attached hydrogen (secondary N) is 1. The van der Waals surface area contributed by atoms with Gasteiger partial charge in [0.2, 0.25) is 0 Å². The van der Waals surface area contributed by atoms with Crippen LogP contribution in [-0.4, -0.2) is 11.0 Å². The first kappa shape index (κ1) is 9.68. The zero-order valence-electron chi connectivity index (χ0n) is 7.71. The molecule has 0 aromatic carbocycles. The molecule has 2 nitrogen and oxygen atoms in total. The maximum Gasteiger partial charge on any atom is 0.0794 e. The largest absolute Gasteiger partial charge is 0.309 e. The van der Waals surface area contributed by atoms with Gasteiger partial charge >= 0.3 is 0 Å². The third-order valence-corrected chi connectivity index (χ3v) is 2.81. The smallest absolute Gasteiger partial charge is 0.0794 e. The summed E-state index contributed by atoms with van der Waals surface area (Å²) in [6, 6.07) is 0.659. The fourth-order valence-corrected chi connectivity index (χ4v) is 1.70. The molecule has 0 aliphatic heterocycles. The lowest BCUT2D eigenvalue weighted by Gasteiger charge is -2.12. The molecule has 1 N–H and O–H groups in total. The van der Waals surface area contributed by atoms with Crippen molar-refractivity contribution in [2.24, 2.45) is 0 Å². The van der Waals surface area contributed by atoms with Crippen molar-refractivity contribution in [2.45, 2.75) is 39.3 Å². The van der Waals surface area contributed by atoms with Gasteiger partial charge in [-0.15, -0.1) is 11.3 Å². The van der Waals surface area contributed by atoms with Crippen molar-refractivity contribution >= 4 is 11.3 Å². The molecule has 0 radical (unpaired) electrons. The van der Waals surface area contributed by atoms with Gasteiger partial charge in [-0.3, -0.25) is 4.98 Å². The number of nitrogens with zero attached hydrogens (tertiary/aromatic N) is 1. The molecule has 0 bridgehead atoms. The first-order valence-corrected chi connectivity index (χ1v) is 5.35. The molecule has 0 unspecified atom stereocenters. The monoisotopic (exact) mass is 184 g/mol. The summed E-state index contributed by atoms with van der Waals surface area (Å²) in [6.45, 7) is 5.40. The molecule has 1 heterocycles. The standard InChI is InChI=1S/C9H16N2S/c1-3-8(4-2)11-6-9-5-10-7-12-9/h5,7-8,11H,3-4,6H2,1-2H3. The van der Waals surface area contributed by atoms with Gasteiger partial charge in [-0.05, 0) is 12.8 Å². The fraction of sp³-hybridized carbons (Fsp3) is 0.667. The second-order valence-electron chi connectivity index (χ2n) is 2.86. The molecule has 1 aromatic rings. The van der Waals surface area contributed by atoms with Crippen LogP contribution in [0.2, 0.25) is 0 Å². The SMILES string of the molecule is CCC(CC)NCc1cncs1. The van der Waals surface area contributed by atoms with E-state index in [1.54, 1.807) is 11.3 Å². The van der Waals surface area contributed by atoms with Crippen molar-refractivity contribution in [3.8, 4) is 0 Å². The Kier molecular flexibility index (Phi) is 4.25. The van der Waals surface area contributed by atoms with E-state index >= 15 is 0 Å². The average molecular weight is 184 g/mol. The fourth-order valence-electron chi connectivity index (χ4n) is 1.15. The molecule has 1 aromatic heterocycles. The zero-order valence-corrected chi connectivity index (χ0v) is 8.53. The van der Waals surface area contributed by atoms with Crippen molar-refractivity contribution in [1.82, 2.24) is 10.3 Å². The molecular formula is C9H16N2S. The zero-order chi connectivity index (χ0) is 8.81. The normalized spacial score (nSPS) is 10.9. The van der Waals surface area contributed by atoms with E-state index in [1.165, 1.54) is 17.7 Å². The van der Waals surface area contributed by atoms with Crippen molar-refractivity contribution < 1.29 is 0 Å². The maximum absolute atomic E-state index is 4.03. The first-order valence-electron chi connectivity index (χ1n) is 4.47. The maximum atomic E-state index is 4.03. The Morgan fingerprint density at radius 3 is 2.75 bits per heavy atom. The van der Waals surface area contributed by atoms with E-state index in [0.29, 0.717) is 6.04 Å². The van der Waals surface area contributed by atoms with Crippen molar-refractivity contribution in [3.05, 3.63) is 16.6 Å². The summed E-state index contributed by atoms with van der Waals surface area (Å²) in [5.74, 6) is 0. The summed E-state index contributed by atoms with van der Waals surface area (Å²) in [5, 5.41) is 3.49. The van der Waals surface area contributed by atoms with Gasteiger partial charge in [0.15, 0.2) is 0 Å². The van der Waals surface area contributed by atoms with E-state index in [0.717, 1.165) is 6.54 Å². The lowest BCUT2D eigenvalue weighted by molar-refractivity contribution is 0.486. The molecule has 0 saturated heterocycles. The van der Waals surface area contributed by atoms with Gasteiger partial charge < -0.3 is 5.32 Å². The van der Waals surface area contributed by atoms with Crippen LogP contribution in [0, 0.1) is 0 Å². The number of thiazole rings is 1. The van der Waals surface area contributed by atoms with Gasteiger partial charge in [0.05, 0.1) is 5.51 Å². The van der Waals surface area contributed by atoms with Crippen molar-refractivity contribution in [2.75, 3.05) is 0 Å². The van der Waals surface area contributed by atoms with E-state index in [-0.39, 0.29) is 0 Å². The summed E-state index contributed by atoms with van der Waals surface area (Å²) < 4.78 is 0. The predicted molar refractivity (Wildman–Crippen MR) is 53.3 cm³/mol. The minimum atomic E-state index is 0.659. The Labute approximate surface area is 78.0 Å². The average Bonchev–Trinajstić information content (AvgIpc) is 2.59. The number of hydrogen-bond donors (Lipinski definition) is 1. The Balaban J connectivity index is 2.25. The Morgan fingerprint density at radius 1 is 1.50 bits per heavy atom. The second kappa shape index (κ2) is 5.27. The molecule has 0 fully saturated rings. The van der Waals surface area contributed by atoms with Crippen LogP contribution in [0.1, 0.15) is 31.6 Å². The topological polar surface area (TPSA) is 24.9 Å². The quantitative estimate of drug-likeness (QED) is 0.760. The van der Waals surface area contributed by atoms with Crippen LogP contribution in [0.15, 0.2) is 11.7 Å². The molecule has 0 amide bonds. The van der Waals surface area contributed by atoms with Crippen LogP contribution in [0.25, 0.3) is 0 Å². The van der Waals surface area contributed by atoms with Crippen LogP contribution in [-0.2, 0) is 6.54 Å². The van der Waals surface area contributed by atoms with E-state index in [9.17, 15) is 0 Å². The molecule has 0 atom stereocenters. The summed E-state index contributed by atoms with van der Waals surface area (Å²) in [4.78, 5) is 5.35. The molecule has 68 valence electrons. The summed E-state index contributed by atoms with van der Waals surface area (Å²) in [5.41, 5.74) is 1.88. The lowest BCUT2D eigenvalue weighted by Crippen LogP contribution is -2.26. The van der Waals surface area contributed by atoms with Gasteiger partial charge in [0, 0.05) is 23.7 Å². The summed E-state index contributed by atoms with van der Waals surface area (Å²) in [7, 11) is 0. The van der Waals surface area contributed by atoms with E-state index in [2.05, 4.69) is 24.1 Å². The Hall–Kier alpha value is -0.410. The van der Waals surface area contributed by atoms with E-state index in [4.69, 9.17) is 0 Å². The van der Waals surface area contributed by atoms with Crippen LogP contribution in [0.4, 0.5) is 0 Å². The second-order valence-corrected chi connectivity index (χ2v) is 3.83. The molecule has 1 rings (SSSR count). The third kappa shape index (κ3) is 2.91. The van der Waals surface area contributed by atoms with Crippen LogP contribution in [0.3, 0.4) is 0 Å². The number of rotatable bonds is 5. The predicted octanol–water partition coefficient (Wildman–Crippen LogP) is 2.42. The Bertz CT molecular complexity index is 192. The van der Waals surface area contributed by atoms with E-state index < -0.39 is 0 Å². The van der Waals surface area contributed by atoms with Crippen molar-refractivity contribution in [3.63, 3.8) is 0 Å². The van der Waals surface area contributed by atoms with Crippen LogP contribution >= 0.6 is 11.3 Å². The van der Waals surface area contributed by atoms with E-state index in [1.807, 2.05) is 11.7 Å².